The standard InChI is InChI=1S/C11H11N3O/c1-15-13-8-10-4-2-3-5-11(10)14-7-6-12-9-14/h2-9H,1H3/b13-8+. The van der Waals surface area contributed by atoms with Crippen LogP contribution in [-0.2, 0) is 4.84 Å². The van der Waals surface area contributed by atoms with Crippen LogP contribution in [0.5, 0.6) is 0 Å². The first-order chi connectivity index (χ1) is 7.42. The van der Waals surface area contributed by atoms with Gasteiger partial charge in [-0.25, -0.2) is 4.98 Å². The molecule has 0 bridgehead atoms. The van der Waals surface area contributed by atoms with E-state index in [0.717, 1.165) is 11.3 Å². The van der Waals surface area contributed by atoms with Gasteiger partial charge in [-0.15, -0.1) is 0 Å². The van der Waals surface area contributed by atoms with Gasteiger partial charge in [0.2, 0.25) is 0 Å². The molecule has 0 N–H and O–H groups in total. The molecule has 1 aromatic carbocycles. The minimum atomic E-state index is 0.984. The summed E-state index contributed by atoms with van der Waals surface area (Å²) >= 11 is 0. The third kappa shape index (κ3) is 2.04. The Morgan fingerprint density at radius 2 is 2.27 bits per heavy atom. The number of para-hydroxylation sites is 1. The summed E-state index contributed by atoms with van der Waals surface area (Å²) in [5, 5.41) is 3.75. The Kier molecular flexibility index (Phi) is 2.78. The molecule has 1 aromatic heterocycles. The Balaban J connectivity index is 2.43. The van der Waals surface area contributed by atoms with Crippen LogP contribution < -0.4 is 0 Å². The van der Waals surface area contributed by atoms with Crippen molar-refractivity contribution in [2.45, 2.75) is 0 Å². The van der Waals surface area contributed by atoms with Crippen LogP contribution >= 0.6 is 0 Å². The average Bonchev–Trinajstić information content (AvgIpc) is 2.80. The van der Waals surface area contributed by atoms with Crippen molar-refractivity contribution in [2.75, 3.05) is 7.11 Å². The second-order valence-corrected chi connectivity index (χ2v) is 2.95. The monoisotopic (exact) mass is 201 g/mol. The third-order valence-electron chi connectivity index (χ3n) is 2.02. The quantitative estimate of drug-likeness (QED) is 0.561. The van der Waals surface area contributed by atoms with Crippen molar-refractivity contribution in [3.8, 4) is 5.69 Å². The van der Waals surface area contributed by atoms with Crippen LogP contribution in [0, 0.1) is 0 Å². The van der Waals surface area contributed by atoms with E-state index in [2.05, 4.69) is 15.0 Å². The van der Waals surface area contributed by atoms with Crippen molar-refractivity contribution in [1.29, 1.82) is 0 Å². The lowest BCUT2D eigenvalue weighted by molar-refractivity contribution is 0.215. The molecule has 0 fully saturated rings. The molecule has 15 heavy (non-hydrogen) atoms. The number of nitrogens with zero attached hydrogens (tertiary/aromatic N) is 3. The Labute approximate surface area is 87.8 Å². The number of oxime groups is 1. The molecular weight excluding hydrogens is 190 g/mol. The van der Waals surface area contributed by atoms with Crippen LogP contribution in [0.25, 0.3) is 5.69 Å². The fourth-order valence-electron chi connectivity index (χ4n) is 1.34. The zero-order chi connectivity index (χ0) is 10.5. The number of hydrogen-bond acceptors (Lipinski definition) is 3. The van der Waals surface area contributed by atoms with Crippen molar-refractivity contribution >= 4 is 6.21 Å². The summed E-state index contributed by atoms with van der Waals surface area (Å²) in [6, 6.07) is 7.90. The van der Waals surface area contributed by atoms with E-state index in [1.54, 1.807) is 18.7 Å². The first kappa shape index (κ1) is 9.45. The Bertz CT molecular complexity index is 449. The van der Waals surface area contributed by atoms with Crippen LogP contribution in [0.15, 0.2) is 48.1 Å². The van der Waals surface area contributed by atoms with Crippen molar-refractivity contribution in [2.24, 2.45) is 5.16 Å². The first-order valence-electron chi connectivity index (χ1n) is 4.55. The highest BCUT2D eigenvalue weighted by atomic mass is 16.6. The maximum absolute atomic E-state index is 4.66. The van der Waals surface area contributed by atoms with Crippen molar-refractivity contribution in [3.63, 3.8) is 0 Å². The summed E-state index contributed by atoms with van der Waals surface area (Å²) in [5.74, 6) is 0. The Hall–Kier alpha value is -2.10. The highest BCUT2D eigenvalue weighted by Gasteiger charge is 2.00. The van der Waals surface area contributed by atoms with Crippen LogP contribution in [0.4, 0.5) is 0 Å². The second kappa shape index (κ2) is 4.41. The summed E-state index contributed by atoms with van der Waals surface area (Å²) in [6.07, 6.45) is 7.05. The lowest BCUT2D eigenvalue weighted by Crippen LogP contribution is -1.96. The molecular formula is C11H11N3O. The van der Waals surface area contributed by atoms with Gasteiger partial charge in [0, 0.05) is 18.0 Å². The van der Waals surface area contributed by atoms with Gasteiger partial charge in [-0.3, -0.25) is 0 Å². The molecule has 2 rings (SSSR count). The van der Waals surface area contributed by atoms with Gasteiger partial charge < -0.3 is 9.40 Å². The van der Waals surface area contributed by atoms with Crippen LogP contribution in [0.2, 0.25) is 0 Å². The Morgan fingerprint density at radius 3 is 3.00 bits per heavy atom. The van der Waals surface area contributed by atoms with E-state index >= 15 is 0 Å². The van der Waals surface area contributed by atoms with E-state index in [0.29, 0.717) is 0 Å². The van der Waals surface area contributed by atoms with E-state index in [9.17, 15) is 0 Å². The smallest absolute Gasteiger partial charge is 0.106 e. The van der Waals surface area contributed by atoms with E-state index in [-0.39, 0.29) is 0 Å². The Morgan fingerprint density at radius 1 is 1.40 bits per heavy atom. The molecule has 0 saturated heterocycles. The molecule has 0 radical (unpaired) electrons. The zero-order valence-corrected chi connectivity index (χ0v) is 8.37. The molecule has 76 valence electrons. The number of aromatic nitrogens is 2. The molecule has 0 amide bonds. The lowest BCUT2D eigenvalue weighted by Gasteiger charge is -2.05. The van der Waals surface area contributed by atoms with E-state index in [4.69, 9.17) is 0 Å². The van der Waals surface area contributed by atoms with E-state index in [1.807, 2.05) is 35.0 Å². The van der Waals surface area contributed by atoms with Gasteiger partial charge in [0.05, 0.1) is 18.2 Å². The minimum Gasteiger partial charge on any atom is -0.399 e. The maximum atomic E-state index is 4.66. The van der Waals surface area contributed by atoms with Gasteiger partial charge in [0.25, 0.3) is 0 Å². The molecule has 0 aliphatic rings. The molecule has 0 spiro atoms. The third-order valence-corrected chi connectivity index (χ3v) is 2.02. The largest absolute Gasteiger partial charge is 0.399 e. The number of rotatable bonds is 3. The topological polar surface area (TPSA) is 39.4 Å². The average molecular weight is 201 g/mol. The van der Waals surface area contributed by atoms with Crippen LogP contribution in [0.1, 0.15) is 5.56 Å². The number of benzene rings is 1. The summed E-state index contributed by atoms with van der Waals surface area (Å²) < 4.78 is 1.93. The predicted octanol–water partition coefficient (Wildman–Crippen LogP) is 1.85. The van der Waals surface area contributed by atoms with Crippen LogP contribution in [-0.4, -0.2) is 22.9 Å². The molecule has 1 heterocycles. The van der Waals surface area contributed by atoms with Crippen molar-refractivity contribution in [3.05, 3.63) is 48.5 Å². The molecule has 4 heteroatoms. The molecule has 0 unspecified atom stereocenters. The number of hydrogen-bond donors (Lipinski definition) is 0. The summed E-state index contributed by atoms with van der Waals surface area (Å²) in [6.45, 7) is 0. The van der Waals surface area contributed by atoms with E-state index in [1.165, 1.54) is 7.11 Å². The van der Waals surface area contributed by atoms with Crippen molar-refractivity contribution < 1.29 is 4.84 Å². The molecule has 4 nitrogen and oxygen atoms in total. The molecule has 0 aliphatic heterocycles. The highest BCUT2D eigenvalue weighted by Crippen LogP contribution is 2.11. The van der Waals surface area contributed by atoms with Gasteiger partial charge in [-0.2, -0.15) is 0 Å². The zero-order valence-electron chi connectivity index (χ0n) is 8.37. The van der Waals surface area contributed by atoms with Gasteiger partial charge in [0.15, 0.2) is 0 Å². The van der Waals surface area contributed by atoms with Crippen molar-refractivity contribution in [1.82, 2.24) is 9.55 Å². The molecule has 0 aliphatic carbocycles. The molecule has 0 saturated carbocycles. The van der Waals surface area contributed by atoms with Crippen LogP contribution in [0.3, 0.4) is 0 Å². The predicted molar refractivity (Wildman–Crippen MR) is 58.2 cm³/mol. The van der Waals surface area contributed by atoms with Gasteiger partial charge in [-0.1, -0.05) is 23.4 Å². The highest BCUT2D eigenvalue weighted by molar-refractivity contribution is 5.84. The van der Waals surface area contributed by atoms with Gasteiger partial charge in [-0.05, 0) is 6.07 Å². The minimum absolute atomic E-state index is 0.984. The summed E-state index contributed by atoms with van der Waals surface area (Å²) in [7, 11) is 1.52. The normalized spacial score (nSPS) is 10.7. The summed E-state index contributed by atoms with van der Waals surface area (Å²) in [4.78, 5) is 8.67. The maximum Gasteiger partial charge on any atom is 0.106 e. The van der Waals surface area contributed by atoms with Gasteiger partial charge >= 0.3 is 0 Å². The fourth-order valence-corrected chi connectivity index (χ4v) is 1.34. The van der Waals surface area contributed by atoms with Gasteiger partial charge in [0.1, 0.15) is 7.11 Å². The lowest BCUT2D eigenvalue weighted by atomic mass is 10.2. The number of imidazole rings is 1. The first-order valence-corrected chi connectivity index (χ1v) is 4.55. The molecule has 0 atom stereocenters. The SMILES string of the molecule is CO/N=C/c1ccccc1-n1ccnc1. The molecule has 2 aromatic rings. The summed E-state index contributed by atoms with van der Waals surface area (Å²) in [5.41, 5.74) is 2.01. The fraction of sp³-hybridized carbons (Fsp3) is 0.0909. The van der Waals surface area contributed by atoms with E-state index < -0.39 is 0 Å². The second-order valence-electron chi connectivity index (χ2n) is 2.95.